The van der Waals surface area contributed by atoms with E-state index in [4.69, 9.17) is 4.98 Å². The average molecular weight is 485 g/mol. The number of H-pyrrole nitrogens is 1. The van der Waals surface area contributed by atoms with Crippen molar-refractivity contribution in [3.8, 4) is 33.9 Å². The summed E-state index contributed by atoms with van der Waals surface area (Å²) in [6.45, 7) is 0. The number of nitrogens with zero attached hydrogens (tertiary/aromatic N) is 2. The van der Waals surface area contributed by atoms with Gasteiger partial charge in [-0.05, 0) is 82.3 Å². The fourth-order valence-electron chi connectivity index (χ4n) is 2.89. The lowest BCUT2D eigenvalue weighted by molar-refractivity contribution is 0.601. The topological polar surface area (TPSA) is 64.6 Å². The predicted octanol–water partition coefficient (Wildman–Crippen LogP) is 5.15. The molecule has 4 aromatic rings. The van der Waals surface area contributed by atoms with Crippen molar-refractivity contribution < 1.29 is 4.55 Å². The Balaban J connectivity index is 1.85. The third kappa shape index (κ3) is 3.92. The summed E-state index contributed by atoms with van der Waals surface area (Å²) >= 11 is 1.32. The molecular formula is C21H16IN3OS. The Morgan fingerprint density at radius 2 is 1.67 bits per heavy atom. The minimum atomic E-state index is -0.993. The van der Waals surface area contributed by atoms with Crippen LogP contribution >= 0.6 is 22.6 Å². The largest absolute Gasteiger partial charge is 0.612 e. The number of hydrogen-bond acceptors (Lipinski definition) is 3. The lowest BCUT2D eigenvalue weighted by Crippen LogP contribution is -1.96. The van der Waals surface area contributed by atoms with Crippen LogP contribution < -0.4 is 0 Å². The summed E-state index contributed by atoms with van der Waals surface area (Å²) in [6.07, 6.45) is 5.23. The summed E-state index contributed by atoms with van der Waals surface area (Å²) in [5.41, 5.74) is 4.90. The van der Waals surface area contributed by atoms with Gasteiger partial charge in [0.1, 0.15) is 12.1 Å². The highest BCUT2D eigenvalue weighted by atomic mass is 127. The molecule has 0 unspecified atom stereocenters. The van der Waals surface area contributed by atoms with Crippen LogP contribution in [0, 0.1) is 3.57 Å². The smallest absolute Gasteiger partial charge is 0.152 e. The zero-order valence-corrected chi connectivity index (χ0v) is 17.5. The molecule has 0 bridgehead atoms. The molecule has 2 aromatic carbocycles. The van der Waals surface area contributed by atoms with Crippen molar-refractivity contribution in [2.24, 2.45) is 0 Å². The SMILES string of the molecule is C[S@@+]([O-])c1ccc(-c2nc(-c3cccc(I)c3)c(-c3ccncc3)[nH]2)cc1. The predicted molar refractivity (Wildman–Crippen MR) is 118 cm³/mol. The van der Waals surface area contributed by atoms with E-state index in [0.29, 0.717) is 0 Å². The zero-order chi connectivity index (χ0) is 18.8. The van der Waals surface area contributed by atoms with E-state index in [-0.39, 0.29) is 0 Å². The number of halogens is 1. The maximum atomic E-state index is 11.6. The molecule has 0 spiro atoms. The fraction of sp³-hybridized carbons (Fsp3) is 0.0476. The molecule has 4 rings (SSSR count). The van der Waals surface area contributed by atoms with Crippen LogP contribution in [0.15, 0.2) is 78.0 Å². The highest BCUT2D eigenvalue weighted by Crippen LogP contribution is 2.33. The minimum Gasteiger partial charge on any atom is -0.612 e. The van der Waals surface area contributed by atoms with Gasteiger partial charge in [0.15, 0.2) is 4.90 Å². The van der Waals surface area contributed by atoms with E-state index in [9.17, 15) is 4.55 Å². The standard InChI is InChI=1S/C21H16IN3OS/c1-27(26)18-7-5-15(6-8-18)21-24-19(14-9-11-23-12-10-14)20(25-21)16-3-2-4-17(22)13-16/h2-13H,1H3,(H,24,25)/t27-/m1/s1. The average Bonchev–Trinajstić information content (AvgIpc) is 3.14. The molecule has 134 valence electrons. The quantitative estimate of drug-likeness (QED) is 0.321. The number of hydrogen-bond donors (Lipinski definition) is 1. The maximum Gasteiger partial charge on any atom is 0.152 e. The molecule has 0 saturated carbocycles. The minimum absolute atomic E-state index is 0.782. The van der Waals surface area contributed by atoms with Gasteiger partial charge in [0, 0.05) is 32.7 Å². The molecule has 0 amide bonds. The second-order valence-corrected chi connectivity index (χ2v) is 8.66. The lowest BCUT2D eigenvalue weighted by Gasteiger charge is -2.04. The zero-order valence-electron chi connectivity index (χ0n) is 14.5. The van der Waals surface area contributed by atoms with Crippen molar-refractivity contribution in [1.29, 1.82) is 0 Å². The van der Waals surface area contributed by atoms with E-state index < -0.39 is 11.2 Å². The normalized spacial score (nSPS) is 12.1. The van der Waals surface area contributed by atoms with Crippen LogP contribution in [0.3, 0.4) is 0 Å². The molecule has 2 heterocycles. The summed E-state index contributed by atoms with van der Waals surface area (Å²) < 4.78 is 12.8. The molecule has 0 aliphatic rings. The van der Waals surface area contributed by atoms with E-state index in [1.54, 1.807) is 18.6 Å². The number of benzene rings is 2. The Bertz CT molecular complexity index is 1060. The summed E-state index contributed by atoms with van der Waals surface area (Å²) in [5.74, 6) is 0.782. The van der Waals surface area contributed by atoms with Gasteiger partial charge >= 0.3 is 0 Å². The monoisotopic (exact) mass is 485 g/mol. The molecule has 0 aliphatic carbocycles. The van der Waals surface area contributed by atoms with Gasteiger partial charge in [-0.1, -0.05) is 12.1 Å². The molecule has 2 aromatic heterocycles. The first-order chi connectivity index (χ1) is 13.1. The van der Waals surface area contributed by atoms with Gasteiger partial charge in [0.25, 0.3) is 0 Å². The van der Waals surface area contributed by atoms with Crippen molar-refractivity contribution in [2.75, 3.05) is 6.26 Å². The van der Waals surface area contributed by atoms with Gasteiger partial charge in [-0.3, -0.25) is 4.98 Å². The van der Waals surface area contributed by atoms with Gasteiger partial charge < -0.3 is 9.54 Å². The van der Waals surface area contributed by atoms with Crippen LogP contribution in [0.25, 0.3) is 33.9 Å². The fourth-order valence-corrected chi connectivity index (χ4v) is 3.95. The number of aromatic nitrogens is 3. The van der Waals surface area contributed by atoms with Gasteiger partial charge in [0.05, 0.1) is 11.4 Å². The number of pyridine rings is 1. The molecule has 6 heteroatoms. The molecule has 1 atom stereocenters. The molecular weight excluding hydrogens is 469 g/mol. The number of imidazole rings is 1. The Morgan fingerprint density at radius 1 is 0.926 bits per heavy atom. The molecule has 1 N–H and O–H groups in total. The van der Waals surface area contributed by atoms with Crippen LogP contribution in [0.5, 0.6) is 0 Å². The Kier molecular flexibility index (Phi) is 5.29. The molecule has 0 radical (unpaired) electrons. The summed E-state index contributed by atoms with van der Waals surface area (Å²) in [5, 5.41) is 0. The van der Waals surface area contributed by atoms with Crippen molar-refractivity contribution in [2.45, 2.75) is 4.90 Å². The van der Waals surface area contributed by atoms with Gasteiger partial charge in [-0.25, -0.2) is 4.98 Å². The lowest BCUT2D eigenvalue weighted by atomic mass is 10.1. The van der Waals surface area contributed by atoms with Crippen molar-refractivity contribution >= 4 is 33.8 Å². The van der Waals surface area contributed by atoms with E-state index >= 15 is 0 Å². The van der Waals surface area contributed by atoms with Crippen LogP contribution in [0.2, 0.25) is 0 Å². The molecule has 0 aliphatic heterocycles. The second kappa shape index (κ2) is 7.84. The van der Waals surface area contributed by atoms with Crippen LogP contribution in [0.4, 0.5) is 0 Å². The van der Waals surface area contributed by atoms with E-state index in [2.05, 4.69) is 50.8 Å². The third-order valence-corrected chi connectivity index (χ3v) is 5.84. The second-order valence-electron chi connectivity index (χ2n) is 6.03. The Labute approximate surface area is 174 Å². The molecule has 27 heavy (non-hydrogen) atoms. The first kappa shape index (κ1) is 18.2. The van der Waals surface area contributed by atoms with Crippen LogP contribution in [0.1, 0.15) is 0 Å². The highest BCUT2D eigenvalue weighted by molar-refractivity contribution is 14.1. The van der Waals surface area contributed by atoms with E-state index in [1.807, 2.05) is 42.5 Å². The molecule has 4 nitrogen and oxygen atoms in total. The Morgan fingerprint density at radius 3 is 2.33 bits per heavy atom. The number of rotatable bonds is 4. The van der Waals surface area contributed by atoms with Crippen LogP contribution in [-0.4, -0.2) is 25.8 Å². The Hall–Kier alpha value is -2.16. The summed E-state index contributed by atoms with van der Waals surface area (Å²) in [6, 6.07) is 19.9. The van der Waals surface area contributed by atoms with Crippen molar-refractivity contribution in [1.82, 2.24) is 15.0 Å². The van der Waals surface area contributed by atoms with Crippen molar-refractivity contribution in [3.05, 3.63) is 76.6 Å². The molecule has 0 saturated heterocycles. The highest BCUT2D eigenvalue weighted by Gasteiger charge is 2.16. The summed E-state index contributed by atoms with van der Waals surface area (Å²) in [7, 11) is 0. The summed E-state index contributed by atoms with van der Waals surface area (Å²) in [4.78, 5) is 13.3. The third-order valence-electron chi connectivity index (χ3n) is 4.23. The molecule has 0 fully saturated rings. The van der Waals surface area contributed by atoms with Gasteiger partial charge in [-0.15, -0.1) is 0 Å². The van der Waals surface area contributed by atoms with Crippen LogP contribution in [-0.2, 0) is 11.2 Å². The van der Waals surface area contributed by atoms with E-state index in [0.717, 1.165) is 42.4 Å². The van der Waals surface area contributed by atoms with Gasteiger partial charge in [-0.2, -0.15) is 0 Å². The first-order valence-corrected chi connectivity index (χ1v) is 11.0. The maximum absolute atomic E-state index is 11.6. The van der Waals surface area contributed by atoms with Gasteiger partial charge in [0.2, 0.25) is 0 Å². The number of aromatic amines is 1. The first-order valence-electron chi connectivity index (χ1n) is 8.32. The van der Waals surface area contributed by atoms with Crippen molar-refractivity contribution in [3.63, 3.8) is 0 Å². The number of nitrogens with one attached hydrogen (secondary N) is 1. The van der Waals surface area contributed by atoms with E-state index in [1.165, 1.54) is 0 Å².